The average molecular weight is 712 g/mol. The number of carbonyl (C=O) groups excluding carboxylic acids is 5. The number of amides is 5. The van der Waals surface area contributed by atoms with Crippen LogP contribution in [0, 0.1) is 0 Å². The van der Waals surface area contributed by atoms with Gasteiger partial charge in [-0.1, -0.05) is 72.8 Å². The van der Waals surface area contributed by atoms with Crippen molar-refractivity contribution in [1.82, 2.24) is 31.2 Å². The summed E-state index contributed by atoms with van der Waals surface area (Å²) in [5.41, 5.74) is 18.0. The SMILES string of the molecule is CC(C)(N)C(=O)N[C@@H](Cc1c[nH]cn1)C(=O)N[C@H](Cc1ccc2ccccc2c1)C(=O)N[C@H](Cc1ccccc1)C(=O)N[C@@H](CCCCN)C(N)=O. The van der Waals surface area contributed by atoms with Crippen molar-refractivity contribution in [3.63, 3.8) is 0 Å². The minimum absolute atomic E-state index is 0.0131. The van der Waals surface area contributed by atoms with E-state index in [9.17, 15) is 24.0 Å². The van der Waals surface area contributed by atoms with Crippen molar-refractivity contribution in [3.8, 4) is 0 Å². The lowest BCUT2D eigenvalue weighted by Crippen LogP contribution is -2.60. The lowest BCUT2D eigenvalue weighted by molar-refractivity contribution is -0.134. The molecule has 0 fully saturated rings. The van der Waals surface area contributed by atoms with Crippen LogP contribution in [0.5, 0.6) is 0 Å². The van der Waals surface area contributed by atoms with E-state index in [1.54, 1.807) is 6.20 Å². The Bertz CT molecular complexity index is 1810. The summed E-state index contributed by atoms with van der Waals surface area (Å²) in [6, 6.07) is 18.1. The van der Waals surface area contributed by atoms with Gasteiger partial charge < -0.3 is 43.5 Å². The highest BCUT2D eigenvalue weighted by Gasteiger charge is 2.33. The van der Waals surface area contributed by atoms with Crippen molar-refractivity contribution >= 4 is 40.3 Å². The van der Waals surface area contributed by atoms with Crippen molar-refractivity contribution in [2.75, 3.05) is 6.54 Å². The molecule has 1 heterocycles. The highest BCUT2D eigenvalue weighted by Crippen LogP contribution is 2.17. The molecule has 0 unspecified atom stereocenters. The zero-order chi connectivity index (χ0) is 37.7. The van der Waals surface area contributed by atoms with Gasteiger partial charge in [0.05, 0.1) is 17.6 Å². The van der Waals surface area contributed by atoms with Gasteiger partial charge in [-0.2, -0.15) is 0 Å². The fourth-order valence-electron chi connectivity index (χ4n) is 5.63. The number of hydrogen-bond donors (Lipinski definition) is 8. The monoisotopic (exact) mass is 711 g/mol. The third kappa shape index (κ3) is 11.7. The Labute approximate surface area is 303 Å². The summed E-state index contributed by atoms with van der Waals surface area (Å²) in [4.78, 5) is 74.3. The minimum Gasteiger partial charge on any atom is -0.368 e. The second-order valence-corrected chi connectivity index (χ2v) is 13.5. The third-order valence-electron chi connectivity index (χ3n) is 8.58. The molecule has 0 aliphatic carbocycles. The molecular formula is C38H49N9O5. The van der Waals surface area contributed by atoms with Gasteiger partial charge in [-0.3, -0.25) is 24.0 Å². The van der Waals surface area contributed by atoms with E-state index in [4.69, 9.17) is 17.2 Å². The molecule has 0 aliphatic heterocycles. The van der Waals surface area contributed by atoms with Crippen molar-refractivity contribution < 1.29 is 24.0 Å². The molecule has 0 saturated heterocycles. The number of nitrogens with two attached hydrogens (primary N) is 3. The summed E-state index contributed by atoms with van der Waals surface area (Å²) in [6.07, 6.45) is 4.70. The van der Waals surface area contributed by atoms with Crippen LogP contribution in [0.25, 0.3) is 10.8 Å². The maximum atomic E-state index is 14.3. The van der Waals surface area contributed by atoms with Crippen LogP contribution in [0.2, 0.25) is 0 Å². The number of nitrogens with one attached hydrogen (secondary N) is 5. The fourth-order valence-corrected chi connectivity index (χ4v) is 5.63. The molecule has 11 N–H and O–H groups in total. The predicted molar refractivity (Wildman–Crippen MR) is 198 cm³/mol. The normalized spacial score (nSPS) is 13.7. The molecule has 3 aromatic carbocycles. The van der Waals surface area contributed by atoms with Gasteiger partial charge in [0.15, 0.2) is 0 Å². The molecule has 0 aliphatic rings. The molecule has 14 heteroatoms. The number of aromatic amines is 1. The first-order valence-electron chi connectivity index (χ1n) is 17.3. The van der Waals surface area contributed by atoms with E-state index < -0.39 is 59.2 Å². The van der Waals surface area contributed by atoms with Crippen LogP contribution in [-0.4, -0.2) is 75.8 Å². The topological polar surface area (TPSA) is 240 Å². The Morgan fingerprint density at radius 3 is 1.87 bits per heavy atom. The maximum Gasteiger partial charge on any atom is 0.243 e. The van der Waals surface area contributed by atoms with E-state index in [-0.39, 0.29) is 25.7 Å². The van der Waals surface area contributed by atoms with Gasteiger partial charge in [0.2, 0.25) is 29.5 Å². The van der Waals surface area contributed by atoms with Crippen molar-refractivity contribution in [2.45, 2.75) is 82.1 Å². The lowest BCUT2D eigenvalue weighted by atomic mass is 9.99. The highest BCUT2D eigenvalue weighted by atomic mass is 16.2. The van der Waals surface area contributed by atoms with Crippen LogP contribution in [0.1, 0.15) is 49.9 Å². The molecule has 5 amide bonds. The minimum atomic E-state index is -1.29. The number of rotatable bonds is 19. The van der Waals surface area contributed by atoms with Crippen molar-refractivity contribution in [2.24, 2.45) is 17.2 Å². The summed E-state index contributed by atoms with van der Waals surface area (Å²) in [7, 11) is 0. The number of fused-ring (bicyclic) bond motifs is 1. The zero-order valence-electron chi connectivity index (χ0n) is 29.6. The zero-order valence-corrected chi connectivity index (χ0v) is 29.6. The van der Waals surface area contributed by atoms with Crippen LogP contribution in [0.4, 0.5) is 0 Å². The molecule has 0 radical (unpaired) electrons. The second-order valence-electron chi connectivity index (χ2n) is 13.5. The van der Waals surface area contributed by atoms with Crippen LogP contribution < -0.4 is 38.5 Å². The number of hydrogen-bond acceptors (Lipinski definition) is 8. The second kappa shape index (κ2) is 18.6. The molecule has 0 spiro atoms. The Kier molecular flexibility index (Phi) is 14.0. The number of imidazole rings is 1. The molecule has 1 aromatic heterocycles. The summed E-state index contributed by atoms with van der Waals surface area (Å²) < 4.78 is 0. The number of aromatic nitrogens is 2. The summed E-state index contributed by atoms with van der Waals surface area (Å²) in [5.74, 6) is -3.20. The van der Waals surface area contributed by atoms with Crippen molar-refractivity contribution in [3.05, 3.63) is 102 Å². The molecule has 52 heavy (non-hydrogen) atoms. The Balaban J connectivity index is 1.65. The van der Waals surface area contributed by atoms with E-state index in [1.807, 2.05) is 72.8 Å². The predicted octanol–water partition coefficient (Wildman–Crippen LogP) is 0.882. The molecule has 276 valence electrons. The molecule has 0 saturated carbocycles. The molecule has 14 nitrogen and oxygen atoms in total. The smallest absolute Gasteiger partial charge is 0.243 e. The van der Waals surface area contributed by atoms with E-state index in [1.165, 1.54) is 20.2 Å². The molecule has 4 aromatic rings. The van der Waals surface area contributed by atoms with Gasteiger partial charge in [-0.15, -0.1) is 0 Å². The van der Waals surface area contributed by atoms with E-state index in [2.05, 4.69) is 31.2 Å². The van der Waals surface area contributed by atoms with Gasteiger partial charge in [0.1, 0.15) is 24.2 Å². The van der Waals surface area contributed by atoms with Crippen LogP contribution in [0.3, 0.4) is 0 Å². The quantitative estimate of drug-likeness (QED) is 0.0648. The van der Waals surface area contributed by atoms with E-state index in [0.717, 1.165) is 21.9 Å². The van der Waals surface area contributed by atoms with Gasteiger partial charge in [0, 0.05) is 25.5 Å². The first-order chi connectivity index (χ1) is 24.8. The molecular weight excluding hydrogens is 662 g/mol. The lowest BCUT2D eigenvalue weighted by Gasteiger charge is -2.27. The Morgan fingerprint density at radius 1 is 0.712 bits per heavy atom. The van der Waals surface area contributed by atoms with E-state index >= 15 is 0 Å². The Morgan fingerprint density at radius 2 is 1.29 bits per heavy atom. The number of unbranched alkanes of at least 4 members (excludes halogenated alkanes) is 1. The standard InChI is InChI=1S/C38H49N9O5/c1-38(2,41)37(52)47-32(21-28-22-42-23-43-28)36(51)46-31(20-25-15-16-26-12-6-7-13-27(26)18-25)35(50)45-30(19-24-10-4-3-5-11-24)34(49)44-29(33(40)48)14-8-9-17-39/h3-7,10-13,15-16,18,22-23,29-32H,8-9,14,17,19-21,39,41H2,1-2H3,(H2,40,48)(H,42,43)(H,44,49)(H,45,50)(H,46,51)(H,47,52)/t29-,30+,31+,32-/m0/s1. The molecule has 0 bridgehead atoms. The van der Waals surface area contributed by atoms with E-state index in [0.29, 0.717) is 25.1 Å². The van der Waals surface area contributed by atoms with Gasteiger partial charge in [-0.05, 0) is 61.6 Å². The number of primary amides is 1. The van der Waals surface area contributed by atoms with Crippen LogP contribution in [0.15, 0.2) is 85.3 Å². The summed E-state index contributed by atoms with van der Waals surface area (Å²) in [5, 5.41) is 13.0. The van der Waals surface area contributed by atoms with Crippen LogP contribution in [-0.2, 0) is 43.2 Å². The first kappa shape index (κ1) is 39.2. The first-order valence-corrected chi connectivity index (χ1v) is 17.3. The average Bonchev–Trinajstić information content (AvgIpc) is 3.63. The summed E-state index contributed by atoms with van der Waals surface area (Å²) >= 11 is 0. The number of benzene rings is 3. The van der Waals surface area contributed by atoms with Gasteiger partial charge in [0.25, 0.3) is 0 Å². The molecule has 4 atom stereocenters. The maximum absolute atomic E-state index is 14.3. The Hall–Kier alpha value is -5.60. The largest absolute Gasteiger partial charge is 0.368 e. The molecule has 4 rings (SSSR count). The number of carbonyl (C=O) groups is 5. The third-order valence-corrected chi connectivity index (χ3v) is 8.58. The number of nitrogens with zero attached hydrogens (tertiary/aromatic N) is 1. The van der Waals surface area contributed by atoms with Crippen molar-refractivity contribution in [1.29, 1.82) is 0 Å². The number of H-pyrrole nitrogens is 1. The van der Waals surface area contributed by atoms with Gasteiger partial charge >= 0.3 is 0 Å². The van der Waals surface area contributed by atoms with Crippen LogP contribution >= 0.6 is 0 Å². The fraction of sp³-hybridized carbons (Fsp3) is 0.368. The summed E-state index contributed by atoms with van der Waals surface area (Å²) in [6.45, 7) is 3.45. The highest BCUT2D eigenvalue weighted by molar-refractivity contribution is 5.96. The van der Waals surface area contributed by atoms with Gasteiger partial charge in [-0.25, -0.2) is 4.98 Å².